The van der Waals surface area contributed by atoms with Crippen molar-refractivity contribution in [3.63, 3.8) is 0 Å². The van der Waals surface area contributed by atoms with Gasteiger partial charge in [-0.1, -0.05) is 24.3 Å². The van der Waals surface area contributed by atoms with Gasteiger partial charge in [-0.2, -0.15) is 0 Å². The highest BCUT2D eigenvalue weighted by atomic mass is 16.7. The Hall–Kier alpha value is -4.00. The molecule has 0 spiro atoms. The fourth-order valence-electron chi connectivity index (χ4n) is 3.15. The van der Waals surface area contributed by atoms with Gasteiger partial charge in [0, 0.05) is 0 Å². The maximum atomic E-state index is 11.5. The molecule has 1 aliphatic carbocycles. The summed E-state index contributed by atoms with van der Waals surface area (Å²) < 4.78 is 0. The number of hydrogen-bond acceptors (Lipinski definition) is 9. The van der Waals surface area contributed by atoms with E-state index in [4.69, 9.17) is 5.73 Å². The van der Waals surface area contributed by atoms with Gasteiger partial charge in [0.25, 0.3) is 0 Å². The van der Waals surface area contributed by atoms with Gasteiger partial charge in [-0.3, -0.25) is 40.5 Å². The maximum Gasteiger partial charge on any atom is 0.430 e. The van der Waals surface area contributed by atoms with Gasteiger partial charge in [-0.15, -0.1) is 0 Å². The van der Waals surface area contributed by atoms with Crippen LogP contribution in [0.25, 0.3) is 11.1 Å². The van der Waals surface area contributed by atoms with Crippen molar-refractivity contribution < 1.29 is 19.7 Å². The van der Waals surface area contributed by atoms with Crippen LogP contribution in [0, 0.1) is 40.5 Å². The molecule has 0 aromatic heterocycles. The van der Waals surface area contributed by atoms with E-state index in [9.17, 15) is 40.5 Å². The fraction of sp³-hybridized carbons (Fsp3) is 0.0769. The van der Waals surface area contributed by atoms with E-state index in [1.54, 1.807) is 0 Å². The Kier molecular flexibility index (Phi) is 3.58. The van der Waals surface area contributed by atoms with Crippen LogP contribution in [0.4, 0.5) is 22.7 Å². The maximum absolute atomic E-state index is 11.5. The van der Waals surface area contributed by atoms with Crippen LogP contribution in [0.2, 0.25) is 0 Å². The summed E-state index contributed by atoms with van der Waals surface area (Å²) in [4.78, 5) is 40.6. The fourth-order valence-corrected chi connectivity index (χ4v) is 3.15. The van der Waals surface area contributed by atoms with Crippen molar-refractivity contribution in [1.29, 1.82) is 0 Å². The number of nitro groups is 4. The van der Waals surface area contributed by atoms with E-state index in [0.717, 1.165) is 0 Å². The number of nitro benzene ring substituents is 4. The van der Waals surface area contributed by atoms with Crippen LogP contribution in [0.3, 0.4) is 0 Å². The molecule has 13 nitrogen and oxygen atoms in total. The number of benzene rings is 2. The number of rotatable bonds is 4. The quantitative estimate of drug-likeness (QED) is 0.626. The first-order valence-corrected chi connectivity index (χ1v) is 6.84. The molecule has 2 N–H and O–H groups in total. The highest BCUT2D eigenvalue weighted by Crippen LogP contribution is 2.58. The number of nitrogens with two attached hydrogens (primary N) is 1. The summed E-state index contributed by atoms with van der Waals surface area (Å²) in [5.74, 6) is 0. The zero-order valence-corrected chi connectivity index (χ0v) is 12.5. The van der Waals surface area contributed by atoms with Gasteiger partial charge in [0.15, 0.2) is 0 Å². The van der Waals surface area contributed by atoms with Gasteiger partial charge < -0.3 is 5.73 Å². The summed E-state index contributed by atoms with van der Waals surface area (Å²) in [5.41, 5.74) is -0.179. The van der Waals surface area contributed by atoms with Crippen molar-refractivity contribution in [2.24, 2.45) is 5.73 Å². The summed E-state index contributed by atoms with van der Waals surface area (Å²) in [5, 5.41) is 45.7. The zero-order valence-electron chi connectivity index (χ0n) is 12.5. The molecule has 26 heavy (non-hydrogen) atoms. The van der Waals surface area contributed by atoms with Crippen LogP contribution < -0.4 is 5.73 Å². The number of nitrogens with zero attached hydrogens (tertiary/aromatic N) is 4. The SMILES string of the molecule is NC1c2ccccc2-c2c1c([N+](=O)[O-])c([N+](=O)[O-])c([N+](=O)[O-])c2[N+](=O)[O-]. The highest BCUT2D eigenvalue weighted by Gasteiger charge is 2.53. The second-order valence-corrected chi connectivity index (χ2v) is 5.28. The average molecular weight is 361 g/mol. The zero-order chi connectivity index (χ0) is 19.3. The molecule has 1 aliphatic rings. The molecule has 0 radical (unpaired) electrons. The van der Waals surface area contributed by atoms with Gasteiger partial charge >= 0.3 is 22.7 Å². The summed E-state index contributed by atoms with van der Waals surface area (Å²) in [7, 11) is 0. The van der Waals surface area contributed by atoms with Crippen LogP contribution >= 0.6 is 0 Å². The minimum absolute atomic E-state index is 0.0859. The van der Waals surface area contributed by atoms with E-state index < -0.39 is 59.6 Å². The lowest BCUT2D eigenvalue weighted by atomic mass is 9.98. The predicted molar refractivity (Wildman–Crippen MR) is 84.5 cm³/mol. The molecule has 0 saturated heterocycles. The van der Waals surface area contributed by atoms with Crippen molar-refractivity contribution in [2.45, 2.75) is 6.04 Å². The Labute approximate surface area is 142 Å². The molecule has 2 aromatic carbocycles. The molecule has 1 unspecified atom stereocenters. The Morgan fingerprint density at radius 3 is 1.69 bits per heavy atom. The molecule has 0 amide bonds. The molecule has 0 saturated carbocycles. The minimum atomic E-state index is -1.56. The molecular weight excluding hydrogens is 354 g/mol. The van der Waals surface area contributed by atoms with Crippen LogP contribution in [-0.4, -0.2) is 19.7 Å². The predicted octanol–water partition coefficient (Wildman–Crippen LogP) is 2.35. The first-order chi connectivity index (χ1) is 12.2. The van der Waals surface area contributed by atoms with E-state index in [-0.39, 0.29) is 11.1 Å². The van der Waals surface area contributed by atoms with Gasteiger partial charge in [-0.05, 0) is 11.1 Å². The van der Waals surface area contributed by atoms with Crippen molar-refractivity contribution in [1.82, 2.24) is 0 Å². The molecule has 132 valence electrons. The van der Waals surface area contributed by atoms with E-state index in [1.807, 2.05) is 0 Å². The molecule has 1 atom stereocenters. The first kappa shape index (κ1) is 16.8. The van der Waals surface area contributed by atoms with Crippen molar-refractivity contribution in [3.8, 4) is 11.1 Å². The monoisotopic (exact) mass is 361 g/mol. The Balaban J connectivity index is 2.67. The third-order valence-corrected chi connectivity index (χ3v) is 4.04. The lowest BCUT2D eigenvalue weighted by Crippen LogP contribution is -2.13. The summed E-state index contributed by atoms with van der Waals surface area (Å²) in [6.45, 7) is 0. The van der Waals surface area contributed by atoms with Crippen LogP contribution in [0.5, 0.6) is 0 Å². The third-order valence-electron chi connectivity index (χ3n) is 4.04. The average Bonchev–Trinajstić information content (AvgIpc) is 2.85. The normalized spacial score (nSPS) is 14.4. The van der Waals surface area contributed by atoms with Crippen molar-refractivity contribution in [2.75, 3.05) is 0 Å². The first-order valence-electron chi connectivity index (χ1n) is 6.84. The standard InChI is InChI=1S/C13H7N5O8/c14-9-6-4-2-1-3-5(6)7-8(9)11(16(21)22)13(18(25)26)12(17(23)24)10(7)15(19)20/h1-4,9H,14H2. The number of fused-ring (bicyclic) bond motifs is 3. The van der Waals surface area contributed by atoms with E-state index >= 15 is 0 Å². The molecule has 0 bridgehead atoms. The smallest absolute Gasteiger partial charge is 0.320 e. The number of hydrogen-bond donors (Lipinski definition) is 1. The second-order valence-electron chi connectivity index (χ2n) is 5.28. The topological polar surface area (TPSA) is 199 Å². The van der Waals surface area contributed by atoms with Gasteiger partial charge in [0.2, 0.25) is 0 Å². The van der Waals surface area contributed by atoms with Gasteiger partial charge in [0.05, 0.1) is 36.9 Å². The van der Waals surface area contributed by atoms with Crippen LogP contribution in [0.15, 0.2) is 24.3 Å². The molecule has 0 heterocycles. The molecule has 3 rings (SSSR count). The van der Waals surface area contributed by atoms with E-state index in [2.05, 4.69) is 0 Å². The van der Waals surface area contributed by atoms with Crippen molar-refractivity contribution >= 4 is 22.7 Å². The summed E-state index contributed by atoms with van der Waals surface area (Å²) in [6, 6.07) is 4.49. The van der Waals surface area contributed by atoms with E-state index in [1.165, 1.54) is 24.3 Å². The van der Waals surface area contributed by atoms with Crippen LogP contribution in [-0.2, 0) is 0 Å². The van der Waals surface area contributed by atoms with Crippen molar-refractivity contribution in [3.05, 3.63) is 75.8 Å². The van der Waals surface area contributed by atoms with Crippen LogP contribution in [0.1, 0.15) is 17.2 Å². The summed E-state index contributed by atoms with van der Waals surface area (Å²) in [6.07, 6.45) is 0. The molecule has 0 fully saturated rings. The minimum Gasteiger partial charge on any atom is -0.320 e. The summed E-state index contributed by atoms with van der Waals surface area (Å²) >= 11 is 0. The van der Waals surface area contributed by atoms with Gasteiger partial charge in [0.1, 0.15) is 0 Å². The molecule has 0 aliphatic heterocycles. The Bertz CT molecular complexity index is 1030. The highest BCUT2D eigenvalue weighted by molar-refractivity contribution is 5.97. The molecular formula is C13H7N5O8. The second kappa shape index (κ2) is 5.52. The van der Waals surface area contributed by atoms with E-state index in [0.29, 0.717) is 0 Å². The Morgan fingerprint density at radius 1 is 0.731 bits per heavy atom. The third kappa shape index (κ3) is 2.07. The molecule has 13 heteroatoms. The van der Waals surface area contributed by atoms with Gasteiger partial charge in [-0.25, -0.2) is 0 Å². The largest absolute Gasteiger partial charge is 0.430 e. The molecule has 2 aromatic rings. The Morgan fingerprint density at radius 2 is 1.19 bits per heavy atom. The lowest BCUT2D eigenvalue weighted by Gasteiger charge is -2.08. The lowest BCUT2D eigenvalue weighted by molar-refractivity contribution is -0.451.